The molecule has 0 fully saturated rings. The SMILES string of the molecule is CCN(CCNC(=O)c1cc(S(=O)(=O)N(C)C(C)C)ccc1Cl)c1ccccc1C. The maximum atomic E-state index is 12.7. The van der Waals surface area contributed by atoms with Crippen LogP contribution in [0.15, 0.2) is 47.4 Å². The molecule has 8 heteroatoms. The van der Waals surface area contributed by atoms with Crippen LogP contribution in [-0.2, 0) is 10.0 Å². The third-order valence-electron chi connectivity index (χ3n) is 5.09. The summed E-state index contributed by atoms with van der Waals surface area (Å²) in [6, 6.07) is 12.1. The summed E-state index contributed by atoms with van der Waals surface area (Å²) in [7, 11) is -2.19. The first kappa shape index (κ1) is 24.2. The van der Waals surface area contributed by atoms with Gasteiger partial charge in [0.05, 0.1) is 15.5 Å². The van der Waals surface area contributed by atoms with Crippen LogP contribution in [0.25, 0.3) is 0 Å². The molecule has 30 heavy (non-hydrogen) atoms. The number of nitrogens with zero attached hydrogens (tertiary/aromatic N) is 2. The van der Waals surface area contributed by atoms with Crippen LogP contribution in [0.3, 0.4) is 0 Å². The van der Waals surface area contributed by atoms with E-state index < -0.39 is 15.9 Å². The Hall–Kier alpha value is -2.09. The van der Waals surface area contributed by atoms with E-state index in [1.54, 1.807) is 13.8 Å². The van der Waals surface area contributed by atoms with Gasteiger partial charge in [-0.1, -0.05) is 29.8 Å². The molecule has 0 aliphatic heterocycles. The molecule has 2 aromatic carbocycles. The van der Waals surface area contributed by atoms with Crippen molar-refractivity contribution in [3.8, 4) is 0 Å². The number of carbonyl (C=O) groups excluding carboxylic acids is 1. The van der Waals surface area contributed by atoms with Crippen LogP contribution in [0, 0.1) is 6.92 Å². The van der Waals surface area contributed by atoms with Crippen LogP contribution < -0.4 is 10.2 Å². The number of amides is 1. The van der Waals surface area contributed by atoms with Gasteiger partial charge < -0.3 is 10.2 Å². The van der Waals surface area contributed by atoms with Gasteiger partial charge in [0.1, 0.15) is 0 Å². The summed E-state index contributed by atoms with van der Waals surface area (Å²) in [5.41, 5.74) is 2.44. The highest BCUT2D eigenvalue weighted by molar-refractivity contribution is 7.89. The van der Waals surface area contributed by atoms with Crippen LogP contribution in [0.4, 0.5) is 5.69 Å². The second kappa shape index (κ2) is 10.3. The molecule has 0 aliphatic rings. The van der Waals surface area contributed by atoms with Crippen molar-refractivity contribution < 1.29 is 13.2 Å². The third kappa shape index (κ3) is 5.53. The maximum Gasteiger partial charge on any atom is 0.252 e. The Balaban J connectivity index is 2.13. The predicted octanol–water partition coefficient (Wildman–Crippen LogP) is 3.93. The monoisotopic (exact) mass is 451 g/mol. The molecule has 0 saturated carbocycles. The van der Waals surface area contributed by atoms with E-state index in [0.717, 1.165) is 12.2 Å². The van der Waals surface area contributed by atoms with Crippen molar-refractivity contribution in [3.63, 3.8) is 0 Å². The summed E-state index contributed by atoms with van der Waals surface area (Å²) >= 11 is 6.19. The number of sulfonamides is 1. The number of nitrogens with one attached hydrogen (secondary N) is 1. The van der Waals surface area contributed by atoms with Gasteiger partial charge in [-0.3, -0.25) is 4.79 Å². The minimum absolute atomic E-state index is 0.0448. The number of halogens is 1. The number of hydrogen-bond acceptors (Lipinski definition) is 4. The van der Waals surface area contributed by atoms with Gasteiger partial charge in [-0.15, -0.1) is 0 Å². The number of likely N-dealkylation sites (N-methyl/N-ethyl adjacent to an activating group) is 1. The zero-order chi connectivity index (χ0) is 22.5. The standard InChI is InChI=1S/C22H30ClN3O3S/c1-6-26(21-10-8-7-9-17(21)4)14-13-24-22(27)19-15-18(11-12-20(19)23)30(28,29)25(5)16(2)3/h7-12,15-16H,6,13-14H2,1-5H3,(H,24,27). The largest absolute Gasteiger partial charge is 0.370 e. The quantitative estimate of drug-likeness (QED) is 0.627. The van der Waals surface area contributed by atoms with E-state index in [9.17, 15) is 13.2 Å². The Kier molecular flexibility index (Phi) is 8.29. The molecule has 0 spiro atoms. The number of aryl methyl sites for hydroxylation is 1. The Morgan fingerprint density at radius 1 is 1.17 bits per heavy atom. The molecule has 2 aromatic rings. The summed E-state index contributed by atoms with van der Waals surface area (Å²) in [5.74, 6) is -0.398. The number of benzene rings is 2. The van der Waals surface area contributed by atoms with E-state index in [1.807, 2.05) is 12.1 Å². The van der Waals surface area contributed by atoms with Crippen molar-refractivity contribution in [1.82, 2.24) is 9.62 Å². The fourth-order valence-electron chi connectivity index (χ4n) is 3.05. The van der Waals surface area contributed by atoms with E-state index in [4.69, 9.17) is 11.6 Å². The Morgan fingerprint density at radius 3 is 2.43 bits per heavy atom. The molecule has 0 radical (unpaired) electrons. The molecule has 2 rings (SSSR count). The molecule has 1 amide bonds. The summed E-state index contributed by atoms with van der Waals surface area (Å²) in [4.78, 5) is 14.9. The van der Waals surface area contributed by atoms with Gasteiger partial charge >= 0.3 is 0 Å². The first-order valence-corrected chi connectivity index (χ1v) is 11.8. The van der Waals surface area contributed by atoms with Crippen molar-refractivity contribution >= 4 is 33.2 Å². The van der Waals surface area contributed by atoms with Crippen LogP contribution in [0.5, 0.6) is 0 Å². The highest BCUT2D eigenvalue weighted by atomic mass is 35.5. The molecule has 0 bridgehead atoms. The number of carbonyl (C=O) groups is 1. The first-order valence-electron chi connectivity index (χ1n) is 9.96. The number of para-hydroxylation sites is 1. The van der Waals surface area contributed by atoms with Gasteiger partial charge in [-0.2, -0.15) is 4.31 Å². The molecule has 0 aliphatic carbocycles. The number of hydrogen-bond donors (Lipinski definition) is 1. The second-order valence-corrected chi connectivity index (χ2v) is 9.78. The average Bonchev–Trinajstić information content (AvgIpc) is 2.71. The lowest BCUT2D eigenvalue weighted by Gasteiger charge is -2.25. The summed E-state index contributed by atoms with van der Waals surface area (Å²) in [5, 5.41) is 3.06. The molecule has 0 unspecified atom stereocenters. The molecular formula is C22H30ClN3O3S. The summed E-state index contributed by atoms with van der Waals surface area (Å²) < 4.78 is 26.7. The van der Waals surface area contributed by atoms with Crippen LogP contribution >= 0.6 is 11.6 Å². The molecule has 164 valence electrons. The van der Waals surface area contributed by atoms with Gasteiger partial charge in [0.2, 0.25) is 10.0 Å². The molecule has 0 atom stereocenters. The lowest BCUT2D eigenvalue weighted by atomic mass is 10.2. The average molecular weight is 452 g/mol. The van der Waals surface area contributed by atoms with E-state index >= 15 is 0 Å². The Morgan fingerprint density at radius 2 is 1.83 bits per heavy atom. The molecule has 0 saturated heterocycles. The maximum absolute atomic E-state index is 12.7. The zero-order valence-electron chi connectivity index (χ0n) is 18.1. The highest BCUT2D eigenvalue weighted by Gasteiger charge is 2.25. The molecule has 0 aromatic heterocycles. The van der Waals surface area contributed by atoms with E-state index in [-0.39, 0.29) is 21.5 Å². The summed E-state index contributed by atoms with van der Waals surface area (Å²) in [6.45, 7) is 9.51. The first-order chi connectivity index (χ1) is 14.1. The zero-order valence-corrected chi connectivity index (χ0v) is 19.7. The molecular weight excluding hydrogens is 422 g/mol. The van der Waals surface area contributed by atoms with Crippen molar-refractivity contribution in [2.24, 2.45) is 0 Å². The lowest BCUT2D eigenvalue weighted by molar-refractivity contribution is 0.0954. The second-order valence-electron chi connectivity index (χ2n) is 7.38. The molecule has 0 heterocycles. The number of anilines is 1. The van der Waals surface area contributed by atoms with Gasteiger partial charge in [0, 0.05) is 38.4 Å². The highest BCUT2D eigenvalue weighted by Crippen LogP contribution is 2.23. The topological polar surface area (TPSA) is 69.7 Å². The Bertz CT molecular complexity index is 993. The van der Waals surface area contributed by atoms with Crippen LogP contribution in [0.2, 0.25) is 5.02 Å². The summed E-state index contributed by atoms with van der Waals surface area (Å²) in [6.07, 6.45) is 0. The smallest absolute Gasteiger partial charge is 0.252 e. The Labute approximate surface area is 184 Å². The van der Waals surface area contributed by atoms with E-state index in [1.165, 1.54) is 35.1 Å². The molecule has 1 N–H and O–H groups in total. The minimum atomic E-state index is -3.70. The van der Waals surface area contributed by atoms with E-state index in [2.05, 4.69) is 36.2 Å². The molecule has 6 nitrogen and oxygen atoms in total. The minimum Gasteiger partial charge on any atom is -0.370 e. The van der Waals surface area contributed by atoms with Crippen LogP contribution in [-0.4, -0.2) is 51.4 Å². The fraction of sp³-hybridized carbons (Fsp3) is 0.409. The predicted molar refractivity (Wildman–Crippen MR) is 123 cm³/mol. The number of rotatable bonds is 9. The lowest BCUT2D eigenvalue weighted by Crippen LogP contribution is -2.35. The van der Waals surface area contributed by atoms with Gasteiger partial charge in [0.15, 0.2) is 0 Å². The van der Waals surface area contributed by atoms with Crippen molar-refractivity contribution in [1.29, 1.82) is 0 Å². The van der Waals surface area contributed by atoms with Gasteiger partial charge in [-0.25, -0.2) is 8.42 Å². The van der Waals surface area contributed by atoms with E-state index in [0.29, 0.717) is 13.1 Å². The van der Waals surface area contributed by atoms with Gasteiger partial charge in [-0.05, 0) is 57.5 Å². The van der Waals surface area contributed by atoms with Crippen molar-refractivity contribution in [3.05, 3.63) is 58.6 Å². The van der Waals surface area contributed by atoms with Crippen molar-refractivity contribution in [2.45, 2.75) is 38.6 Å². The van der Waals surface area contributed by atoms with Crippen LogP contribution in [0.1, 0.15) is 36.7 Å². The normalized spacial score (nSPS) is 11.7. The van der Waals surface area contributed by atoms with Crippen molar-refractivity contribution in [2.75, 3.05) is 31.6 Å². The third-order valence-corrected chi connectivity index (χ3v) is 7.45. The van der Waals surface area contributed by atoms with Gasteiger partial charge in [0.25, 0.3) is 5.91 Å². The fourth-order valence-corrected chi connectivity index (χ4v) is 4.65.